The smallest absolute Gasteiger partial charge is 0.315 e. The van der Waals surface area contributed by atoms with Gasteiger partial charge in [0.25, 0.3) is 0 Å². The molecule has 2 N–H and O–H groups in total. The van der Waals surface area contributed by atoms with E-state index in [4.69, 9.17) is 14.5 Å². The number of para-hydroxylation sites is 2. The molecule has 0 radical (unpaired) electrons. The number of hydrogen-bond acceptors (Lipinski definition) is 4. The largest absolute Gasteiger partial charge is 0.454 e. The number of aryl methyl sites for hydroxylation is 1. The number of aromatic nitrogens is 2. The third-order valence-electron chi connectivity index (χ3n) is 5.38. The van der Waals surface area contributed by atoms with Crippen molar-refractivity contribution in [2.75, 3.05) is 6.79 Å². The molecule has 1 aliphatic rings. The average molecular weight is 414 g/mol. The molecule has 1 atom stereocenters. The first-order valence-corrected chi connectivity index (χ1v) is 10.1. The minimum atomic E-state index is -0.393. The second-order valence-corrected chi connectivity index (χ2v) is 7.38. The van der Waals surface area contributed by atoms with Crippen LogP contribution in [0.5, 0.6) is 11.5 Å². The summed E-state index contributed by atoms with van der Waals surface area (Å²) in [4.78, 5) is 17.6. The van der Waals surface area contributed by atoms with E-state index >= 15 is 0 Å². The van der Waals surface area contributed by atoms with Crippen LogP contribution in [0, 0.1) is 0 Å². The molecule has 4 aromatic rings. The molecule has 31 heavy (non-hydrogen) atoms. The van der Waals surface area contributed by atoms with Gasteiger partial charge in [0.1, 0.15) is 11.9 Å². The molecule has 3 aromatic carbocycles. The summed E-state index contributed by atoms with van der Waals surface area (Å²) in [5.74, 6) is 2.19. The van der Waals surface area contributed by atoms with Crippen molar-refractivity contribution in [1.82, 2.24) is 20.2 Å². The zero-order chi connectivity index (χ0) is 21.2. The Morgan fingerprint density at radius 3 is 2.65 bits per heavy atom. The molecule has 2 amide bonds. The number of imidazole rings is 1. The summed E-state index contributed by atoms with van der Waals surface area (Å²) in [5.41, 5.74) is 3.79. The highest BCUT2D eigenvalue weighted by atomic mass is 16.7. The zero-order valence-corrected chi connectivity index (χ0v) is 17.0. The molecular formula is C24H22N4O3. The van der Waals surface area contributed by atoms with Gasteiger partial charge in [0, 0.05) is 13.6 Å². The van der Waals surface area contributed by atoms with Gasteiger partial charge in [-0.25, -0.2) is 9.78 Å². The SMILES string of the molecule is Cn1c(C(NC(=O)NCc2ccc3c(c2)OCO3)c2ccccc2)nc2ccccc21. The molecule has 1 unspecified atom stereocenters. The number of nitrogens with one attached hydrogen (secondary N) is 2. The van der Waals surface area contributed by atoms with Crippen molar-refractivity contribution in [2.45, 2.75) is 12.6 Å². The maximum absolute atomic E-state index is 12.8. The van der Waals surface area contributed by atoms with Crippen LogP contribution in [0.1, 0.15) is 23.0 Å². The van der Waals surface area contributed by atoms with Gasteiger partial charge in [0.05, 0.1) is 11.0 Å². The molecule has 0 saturated carbocycles. The number of ether oxygens (including phenoxy) is 2. The van der Waals surface area contributed by atoms with Crippen LogP contribution < -0.4 is 20.1 Å². The third kappa shape index (κ3) is 3.77. The van der Waals surface area contributed by atoms with Gasteiger partial charge in [0.2, 0.25) is 6.79 Å². The Labute approximate surface area is 179 Å². The van der Waals surface area contributed by atoms with Crippen molar-refractivity contribution in [3.8, 4) is 11.5 Å². The van der Waals surface area contributed by atoms with Crippen LogP contribution in [0.15, 0.2) is 72.8 Å². The van der Waals surface area contributed by atoms with Crippen LogP contribution in [0.2, 0.25) is 0 Å². The van der Waals surface area contributed by atoms with E-state index in [1.165, 1.54) is 0 Å². The van der Waals surface area contributed by atoms with Crippen molar-refractivity contribution in [2.24, 2.45) is 7.05 Å². The summed E-state index contributed by atoms with van der Waals surface area (Å²) in [6.07, 6.45) is 0. The topological polar surface area (TPSA) is 77.4 Å². The van der Waals surface area contributed by atoms with Gasteiger partial charge >= 0.3 is 6.03 Å². The molecule has 5 rings (SSSR count). The maximum Gasteiger partial charge on any atom is 0.315 e. The highest BCUT2D eigenvalue weighted by Gasteiger charge is 2.22. The van der Waals surface area contributed by atoms with E-state index in [1.54, 1.807) is 0 Å². The molecule has 7 nitrogen and oxygen atoms in total. The van der Waals surface area contributed by atoms with Gasteiger partial charge in [-0.2, -0.15) is 0 Å². The summed E-state index contributed by atoms with van der Waals surface area (Å²) in [6, 6.07) is 22.7. The molecule has 156 valence electrons. The Morgan fingerprint density at radius 2 is 1.81 bits per heavy atom. The van der Waals surface area contributed by atoms with Crippen molar-refractivity contribution < 1.29 is 14.3 Å². The number of fused-ring (bicyclic) bond motifs is 2. The number of carbonyl (C=O) groups excluding carboxylic acids is 1. The molecular weight excluding hydrogens is 392 g/mol. The van der Waals surface area contributed by atoms with Crippen LogP contribution in [0.25, 0.3) is 11.0 Å². The molecule has 0 spiro atoms. The molecule has 0 aliphatic carbocycles. The van der Waals surface area contributed by atoms with E-state index in [1.807, 2.05) is 84.4 Å². The Kier molecular flexibility index (Phi) is 4.92. The molecule has 7 heteroatoms. The fraction of sp³-hybridized carbons (Fsp3) is 0.167. The quantitative estimate of drug-likeness (QED) is 0.519. The van der Waals surface area contributed by atoms with E-state index < -0.39 is 6.04 Å². The highest BCUT2D eigenvalue weighted by Crippen LogP contribution is 2.32. The van der Waals surface area contributed by atoms with Gasteiger partial charge in [-0.15, -0.1) is 0 Å². The van der Waals surface area contributed by atoms with Crippen molar-refractivity contribution >= 4 is 17.1 Å². The Morgan fingerprint density at radius 1 is 1.03 bits per heavy atom. The van der Waals surface area contributed by atoms with Gasteiger partial charge in [-0.1, -0.05) is 48.5 Å². The van der Waals surface area contributed by atoms with Gasteiger partial charge < -0.3 is 24.7 Å². The van der Waals surface area contributed by atoms with Crippen LogP contribution in [0.3, 0.4) is 0 Å². The van der Waals surface area contributed by atoms with Crippen LogP contribution in [-0.2, 0) is 13.6 Å². The van der Waals surface area contributed by atoms with Gasteiger partial charge in [-0.05, 0) is 35.4 Å². The predicted octanol–water partition coefficient (Wildman–Crippen LogP) is 3.89. The lowest BCUT2D eigenvalue weighted by Gasteiger charge is -2.19. The Bertz CT molecular complexity index is 1240. The second-order valence-electron chi connectivity index (χ2n) is 7.38. The Balaban J connectivity index is 1.37. The predicted molar refractivity (Wildman–Crippen MR) is 117 cm³/mol. The maximum atomic E-state index is 12.8. The van der Waals surface area contributed by atoms with E-state index in [2.05, 4.69) is 10.6 Å². The molecule has 1 aromatic heterocycles. The summed E-state index contributed by atoms with van der Waals surface area (Å²) in [7, 11) is 1.97. The van der Waals surface area contributed by atoms with E-state index in [-0.39, 0.29) is 12.8 Å². The number of amides is 2. The minimum Gasteiger partial charge on any atom is -0.454 e. The van der Waals surface area contributed by atoms with Gasteiger partial charge in [0.15, 0.2) is 11.5 Å². The Hall–Kier alpha value is -4.00. The highest BCUT2D eigenvalue weighted by molar-refractivity contribution is 5.77. The third-order valence-corrected chi connectivity index (χ3v) is 5.38. The monoisotopic (exact) mass is 414 g/mol. The summed E-state index contributed by atoms with van der Waals surface area (Å²) in [5, 5.41) is 6.01. The van der Waals surface area contributed by atoms with E-state index in [9.17, 15) is 4.79 Å². The van der Waals surface area contributed by atoms with Crippen molar-refractivity contribution in [3.63, 3.8) is 0 Å². The zero-order valence-electron chi connectivity index (χ0n) is 17.0. The first-order valence-electron chi connectivity index (χ1n) is 10.1. The standard InChI is InChI=1S/C24H22N4O3/c1-28-19-10-6-5-9-18(19)26-23(28)22(17-7-3-2-4-8-17)27-24(29)25-14-16-11-12-20-21(13-16)31-15-30-20/h2-13,22H,14-15H2,1H3,(H2,25,27,29). The average Bonchev–Trinajstić information content (AvgIpc) is 3.41. The fourth-order valence-electron chi connectivity index (χ4n) is 3.78. The van der Waals surface area contributed by atoms with Crippen molar-refractivity contribution in [1.29, 1.82) is 0 Å². The number of carbonyl (C=O) groups is 1. The number of nitrogens with zero attached hydrogens (tertiary/aromatic N) is 2. The van der Waals surface area contributed by atoms with Crippen LogP contribution in [-0.4, -0.2) is 22.4 Å². The number of hydrogen-bond donors (Lipinski definition) is 2. The summed E-state index contributed by atoms with van der Waals surface area (Å²) >= 11 is 0. The lowest BCUT2D eigenvalue weighted by atomic mass is 10.1. The first kappa shape index (κ1) is 19.0. The van der Waals surface area contributed by atoms with Crippen molar-refractivity contribution in [3.05, 3.63) is 89.7 Å². The molecule has 0 bridgehead atoms. The number of urea groups is 1. The first-order chi connectivity index (χ1) is 15.2. The van der Waals surface area contributed by atoms with Crippen LogP contribution in [0.4, 0.5) is 4.79 Å². The number of benzene rings is 3. The molecule has 0 saturated heterocycles. The van der Waals surface area contributed by atoms with Gasteiger partial charge in [-0.3, -0.25) is 0 Å². The fourth-order valence-corrected chi connectivity index (χ4v) is 3.78. The lowest BCUT2D eigenvalue weighted by Crippen LogP contribution is -2.38. The van der Waals surface area contributed by atoms with Crippen LogP contribution >= 0.6 is 0 Å². The summed E-state index contributed by atoms with van der Waals surface area (Å²) < 4.78 is 12.8. The summed E-state index contributed by atoms with van der Waals surface area (Å²) in [6.45, 7) is 0.593. The van der Waals surface area contributed by atoms with E-state index in [0.717, 1.165) is 33.7 Å². The lowest BCUT2D eigenvalue weighted by molar-refractivity contribution is 0.174. The normalized spacial score (nSPS) is 13.2. The molecule has 1 aliphatic heterocycles. The second kappa shape index (κ2) is 8.02. The minimum absolute atomic E-state index is 0.226. The molecule has 0 fully saturated rings. The number of rotatable bonds is 5. The van der Waals surface area contributed by atoms with E-state index in [0.29, 0.717) is 12.3 Å². The molecule has 2 heterocycles.